The number of rotatable bonds is 6. The quantitative estimate of drug-likeness (QED) is 0.789. The fraction of sp³-hybridized carbons (Fsp3) is 0.263. The summed E-state index contributed by atoms with van der Waals surface area (Å²) < 4.78 is 27.4. The van der Waals surface area contributed by atoms with Gasteiger partial charge in [0.2, 0.25) is 10.0 Å². The fourth-order valence-electron chi connectivity index (χ4n) is 3.12. The molecule has 2 amide bonds. The highest BCUT2D eigenvalue weighted by Crippen LogP contribution is 2.22. The number of nitrogens with one attached hydrogen (secondary N) is 1. The maximum Gasteiger partial charge on any atom is 0.261 e. The van der Waals surface area contributed by atoms with E-state index in [2.05, 4.69) is 4.72 Å². The van der Waals surface area contributed by atoms with Crippen LogP contribution in [0.2, 0.25) is 0 Å². The first-order valence-corrected chi connectivity index (χ1v) is 9.96. The van der Waals surface area contributed by atoms with E-state index in [1.165, 1.54) is 0 Å². The maximum atomic E-state index is 12.4. The Hall–Kier alpha value is -2.51. The number of hydrogen-bond donors (Lipinski definition) is 1. The Morgan fingerprint density at radius 3 is 2.08 bits per heavy atom. The van der Waals surface area contributed by atoms with E-state index >= 15 is 0 Å². The van der Waals surface area contributed by atoms with Crippen LogP contribution in [-0.4, -0.2) is 37.4 Å². The van der Waals surface area contributed by atoms with E-state index in [1.54, 1.807) is 31.2 Å². The molecule has 1 aliphatic rings. The van der Waals surface area contributed by atoms with E-state index in [-0.39, 0.29) is 12.3 Å². The molecule has 0 radical (unpaired) electrons. The molecule has 26 heavy (non-hydrogen) atoms. The molecular formula is C19H20N2O4S. The van der Waals surface area contributed by atoms with Crippen molar-refractivity contribution in [2.75, 3.05) is 12.3 Å². The van der Waals surface area contributed by atoms with E-state index < -0.39 is 27.9 Å². The van der Waals surface area contributed by atoms with Crippen LogP contribution < -0.4 is 4.72 Å². The number of fused-ring (bicyclic) bond motifs is 1. The molecule has 0 aromatic heterocycles. The molecule has 0 bridgehead atoms. The van der Waals surface area contributed by atoms with Gasteiger partial charge in [-0.15, -0.1) is 0 Å². The van der Waals surface area contributed by atoms with E-state index in [9.17, 15) is 18.0 Å². The zero-order valence-corrected chi connectivity index (χ0v) is 15.4. The molecule has 3 rings (SSSR count). The molecule has 6 nitrogen and oxygen atoms in total. The van der Waals surface area contributed by atoms with E-state index in [1.807, 2.05) is 31.2 Å². The van der Waals surface area contributed by atoms with Crippen LogP contribution in [-0.2, 0) is 10.0 Å². The summed E-state index contributed by atoms with van der Waals surface area (Å²) in [6.45, 7) is 3.50. The standard InChI is InChI=1S/C19H20N2O4S/c1-13-7-3-4-8-15(13)14(2)20-26(24,25)12-11-21-18(22)16-9-5-6-10-17(16)19(21)23/h3-10,14,20H,11-12H2,1-2H3. The summed E-state index contributed by atoms with van der Waals surface area (Å²) >= 11 is 0. The maximum absolute atomic E-state index is 12.4. The Morgan fingerprint density at radius 2 is 1.50 bits per heavy atom. The van der Waals surface area contributed by atoms with Gasteiger partial charge in [0, 0.05) is 12.6 Å². The van der Waals surface area contributed by atoms with Crippen molar-refractivity contribution in [1.29, 1.82) is 0 Å². The van der Waals surface area contributed by atoms with Gasteiger partial charge in [-0.1, -0.05) is 36.4 Å². The average molecular weight is 372 g/mol. The third-order valence-corrected chi connectivity index (χ3v) is 5.91. The number of hydrogen-bond acceptors (Lipinski definition) is 4. The SMILES string of the molecule is Cc1ccccc1C(C)NS(=O)(=O)CCN1C(=O)c2ccccc2C1=O. The van der Waals surface area contributed by atoms with Crippen LogP contribution in [0.25, 0.3) is 0 Å². The third kappa shape index (κ3) is 3.54. The number of carbonyl (C=O) groups excluding carboxylic acids is 2. The normalized spacial score (nSPS) is 15.2. The number of nitrogens with zero attached hydrogens (tertiary/aromatic N) is 1. The summed E-state index contributed by atoms with van der Waals surface area (Å²) in [5.74, 6) is -1.24. The van der Waals surface area contributed by atoms with Crippen LogP contribution in [0.1, 0.15) is 44.8 Å². The second kappa shape index (κ2) is 7.01. The number of sulfonamides is 1. The predicted octanol–water partition coefficient (Wildman–Crippen LogP) is 2.27. The van der Waals surface area contributed by atoms with Gasteiger partial charge in [0.1, 0.15) is 0 Å². The Kier molecular flexibility index (Phi) is 4.93. The van der Waals surface area contributed by atoms with E-state index in [0.29, 0.717) is 11.1 Å². The van der Waals surface area contributed by atoms with Crippen LogP contribution in [0.15, 0.2) is 48.5 Å². The topological polar surface area (TPSA) is 83.6 Å². The second-order valence-corrected chi connectivity index (χ2v) is 8.20. The molecule has 0 saturated carbocycles. The summed E-state index contributed by atoms with van der Waals surface area (Å²) in [5.41, 5.74) is 2.51. The van der Waals surface area contributed by atoms with Crippen molar-refractivity contribution in [1.82, 2.24) is 9.62 Å². The predicted molar refractivity (Wildman–Crippen MR) is 98.3 cm³/mol. The van der Waals surface area contributed by atoms with Crippen LogP contribution >= 0.6 is 0 Å². The molecule has 0 saturated heterocycles. The lowest BCUT2D eigenvalue weighted by molar-refractivity contribution is 0.0664. The van der Waals surface area contributed by atoms with Gasteiger partial charge in [-0.25, -0.2) is 13.1 Å². The number of benzene rings is 2. The van der Waals surface area contributed by atoms with Gasteiger partial charge in [-0.3, -0.25) is 14.5 Å². The molecule has 1 heterocycles. The highest BCUT2D eigenvalue weighted by atomic mass is 32.2. The monoisotopic (exact) mass is 372 g/mol. The average Bonchev–Trinajstić information content (AvgIpc) is 2.84. The summed E-state index contributed by atoms with van der Waals surface area (Å²) in [6.07, 6.45) is 0. The second-order valence-electron chi connectivity index (χ2n) is 6.32. The largest absolute Gasteiger partial charge is 0.273 e. The Labute approximate surface area is 152 Å². The van der Waals surface area contributed by atoms with Crippen LogP contribution in [0.4, 0.5) is 0 Å². The van der Waals surface area contributed by atoms with Crippen molar-refractivity contribution in [2.24, 2.45) is 0 Å². The number of amides is 2. The highest BCUT2D eigenvalue weighted by molar-refractivity contribution is 7.89. The number of aryl methyl sites for hydroxylation is 1. The van der Waals surface area contributed by atoms with Crippen molar-refractivity contribution in [3.05, 3.63) is 70.8 Å². The fourth-order valence-corrected chi connectivity index (χ4v) is 4.32. The lowest BCUT2D eigenvalue weighted by atomic mass is 10.0. The van der Waals surface area contributed by atoms with Crippen molar-refractivity contribution in [3.8, 4) is 0 Å². The Balaban J connectivity index is 1.67. The van der Waals surface area contributed by atoms with E-state index in [0.717, 1.165) is 16.0 Å². The molecule has 0 spiro atoms. The molecule has 7 heteroatoms. The molecule has 1 N–H and O–H groups in total. The van der Waals surface area contributed by atoms with Gasteiger partial charge >= 0.3 is 0 Å². The van der Waals surface area contributed by atoms with Gasteiger partial charge in [0.05, 0.1) is 16.9 Å². The summed E-state index contributed by atoms with van der Waals surface area (Å²) in [7, 11) is -3.66. The molecule has 136 valence electrons. The van der Waals surface area contributed by atoms with Gasteiger partial charge in [-0.05, 0) is 37.1 Å². The van der Waals surface area contributed by atoms with Gasteiger partial charge in [0.25, 0.3) is 11.8 Å². The molecule has 2 aromatic carbocycles. The zero-order valence-electron chi connectivity index (χ0n) is 14.6. The van der Waals surface area contributed by atoms with Crippen LogP contribution in [0.3, 0.4) is 0 Å². The van der Waals surface area contributed by atoms with Crippen LogP contribution in [0.5, 0.6) is 0 Å². The summed E-state index contributed by atoms with van der Waals surface area (Å²) in [6, 6.07) is 13.6. The molecule has 1 atom stereocenters. The zero-order chi connectivity index (χ0) is 18.9. The van der Waals surface area contributed by atoms with Crippen molar-refractivity contribution >= 4 is 21.8 Å². The minimum Gasteiger partial charge on any atom is -0.273 e. The lowest BCUT2D eigenvalue weighted by Gasteiger charge is -2.18. The van der Waals surface area contributed by atoms with Gasteiger partial charge < -0.3 is 0 Å². The molecule has 1 unspecified atom stereocenters. The van der Waals surface area contributed by atoms with Crippen molar-refractivity contribution in [2.45, 2.75) is 19.9 Å². The van der Waals surface area contributed by atoms with Crippen molar-refractivity contribution < 1.29 is 18.0 Å². The third-order valence-electron chi connectivity index (χ3n) is 4.47. The summed E-state index contributed by atoms with van der Waals surface area (Å²) in [5, 5.41) is 0. The highest BCUT2D eigenvalue weighted by Gasteiger charge is 2.35. The minimum atomic E-state index is -3.66. The van der Waals surface area contributed by atoms with Crippen molar-refractivity contribution in [3.63, 3.8) is 0 Å². The molecule has 0 fully saturated rings. The molecule has 2 aromatic rings. The lowest BCUT2D eigenvalue weighted by Crippen LogP contribution is -2.38. The first-order valence-electron chi connectivity index (χ1n) is 8.31. The minimum absolute atomic E-state index is 0.178. The smallest absolute Gasteiger partial charge is 0.261 e. The Morgan fingerprint density at radius 1 is 0.962 bits per heavy atom. The van der Waals surface area contributed by atoms with E-state index in [4.69, 9.17) is 0 Å². The van der Waals surface area contributed by atoms with Crippen LogP contribution in [0, 0.1) is 6.92 Å². The summed E-state index contributed by atoms with van der Waals surface area (Å²) in [4.78, 5) is 25.6. The first-order chi connectivity index (χ1) is 12.3. The molecular weight excluding hydrogens is 352 g/mol. The van der Waals surface area contributed by atoms with Gasteiger partial charge in [0.15, 0.2) is 0 Å². The Bertz CT molecular complexity index is 934. The molecule has 0 aliphatic carbocycles. The molecule has 1 aliphatic heterocycles. The van der Waals surface area contributed by atoms with Gasteiger partial charge in [-0.2, -0.15) is 0 Å². The first kappa shape index (κ1) is 18.3. The number of imide groups is 1. The number of carbonyl (C=O) groups is 2.